The van der Waals surface area contributed by atoms with Gasteiger partial charge in [-0.15, -0.1) is 4.91 Å². The molecule has 3 nitrogen and oxygen atoms in total. The van der Waals surface area contributed by atoms with E-state index in [2.05, 4.69) is 12.8 Å². The third-order valence-electron chi connectivity index (χ3n) is 0.0430. The Bertz CT molecular complexity index is 27.5. The second-order valence-electron chi connectivity index (χ2n) is 0.180. The topological polar surface area (TPSA) is 38.7 Å². The Hall–Kier alpha value is 0.465. The van der Waals surface area contributed by atoms with Crippen LogP contribution in [0.4, 0.5) is 0 Å². The molecule has 2 radical (unpaired) electrons. The zero-order valence-electron chi connectivity index (χ0n) is 3.84. The molecule has 22 valence electrons. The molecule has 0 atom stereocenters. The van der Waals surface area contributed by atoms with E-state index in [1.54, 1.807) is 5.34 Å². The predicted octanol–water partition coefficient (Wildman–Crippen LogP) is -3.12. The molecular formula is HBNNaO2. The van der Waals surface area contributed by atoms with Crippen LogP contribution in [-0.4, -0.2) is 8.05 Å². The van der Waals surface area contributed by atoms with Crippen LogP contribution in [0.1, 0.15) is 1.43 Å². The second kappa shape index (κ2) is 8.82. The Labute approximate surface area is 54.2 Å². The molecule has 0 aliphatic rings. The molecule has 5 heavy (non-hydrogen) atoms. The molecule has 0 bridgehead atoms. The third kappa shape index (κ3) is 12.6. The van der Waals surface area contributed by atoms with E-state index in [0.717, 1.165) is 0 Å². The summed E-state index contributed by atoms with van der Waals surface area (Å²) in [4.78, 5) is 8.58. The summed E-state index contributed by atoms with van der Waals surface area (Å²) in [6.45, 7) is 0. The number of hydrogen-bond acceptors (Lipinski definition) is 3. The van der Waals surface area contributed by atoms with E-state index in [-0.39, 0.29) is 31.0 Å². The Morgan fingerprint density at radius 2 is 2.20 bits per heavy atom. The molecule has 0 aliphatic carbocycles. The SMILES string of the molecule is [B]ON=O.[H-].[Na+]. The van der Waals surface area contributed by atoms with Crippen LogP contribution in [0.2, 0.25) is 0 Å². The predicted molar refractivity (Wildman–Crippen MR) is 13.7 cm³/mol. The van der Waals surface area contributed by atoms with Gasteiger partial charge in [0.05, 0.1) is 0 Å². The van der Waals surface area contributed by atoms with Crippen molar-refractivity contribution in [3.63, 3.8) is 0 Å². The van der Waals surface area contributed by atoms with E-state index >= 15 is 0 Å². The smallest absolute Gasteiger partial charge is 1.00 e. The van der Waals surface area contributed by atoms with Gasteiger partial charge in [0.1, 0.15) is 5.34 Å². The second-order valence-corrected chi connectivity index (χ2v) is 0.180. The number of hydrogen-bond donors (Lipinski definition) is 0. The van der Waals surface area contributed by atoms with E-state index in [4.69, 9.17) is 4.91 Å². The van der Waals surface area contributed by atoms with Gasteiger partial charge in [-0.3, -0.25) is 0 Å². The largest absolute Gasteiger partial charge is 1.00 e. The van der Waals surface area contributed by atoms with E-state index in [1.807, 2.05) is 0 Å². The summed E-state index contributed by atoms with van der Waals surface area (Å²) in [5.41, 5.74) is 0. The van der Waals surface area contributed by atoms with E-state index in [1.165, 1.54) is 0 Å². The van der Waals surface area contributed by atoms with Crippen molar-refractivity contribution in [1.82, 2.24) is 0 Å². The summed E-state index contributed by atoms with van der Waals surface area (Å²) in [6.07, 6.45) is 0. The van der Waals surface area contributed by atoms with Gasteiger partial charge in [-0.25, -0.2) is 0 Å². The minimum Gasteiger partial charge on any atom is -1.00 e. The monoisotopic (exact) mass is 81.0 g/mol. The van der Waals surface area contributed by atoms with E-state index < -0.39 is 0 Å². The normalized spacial score (nSPS) is 4.00. The van der Waals surface area contributed by atoms with Crippen LogP contribution >= 0.6 is 0 Å². The van der Waals surface area contributed by atoms with Crippen molar-refractivity contribution in [2.75, 3.05) is 0 Å². The average Bonchev–Trinajstić information content (AvgIpc) is 1.37. The van der Waals surface area contributed by atoms with Crippen molar-refractivity contribution >= 4 is 8.05 Å². The van der Waals surface area contributed by atoms with Crippen molar-refractivity contribution in [3.8, 4) is 0 Å². The maximum absolute atomic E-state index is 8.58. The molecule has 0 aliphatic heterocycles. The summed E-state index contributed by atoms with van der Waals surface area (Å²) in [6, 6.07) is 0. The Kier molecular flexibility index (Phi) is 16.0. The van der Waals surface area contributed by atoms with Crippen LogP contribution in [0.3, 0.4) is 0 Å². The molecule has 0 N–H and O–H groups in total. The maximum atomic E-state index is 8.58. The minimum atomic E-state index is 0. The van der Waals surface area contributed by atoms with Crippen molar-refractivity contribution < 1.29 is 35.7 Å². The maximum Gasteiger partial charge on any atom is 1.00 e. The summed E-state index contributed by atoms with van der Waals surface area (Å²) >= 11 is 0. The van der Waals surface area contributed by atoms with Gasteiger partial charge < -0.3 is 6.18 Å². The van der Waals surface area contributed by atoms with Gasteiger partial charge in [0.15, 0.2) is 0 Å². The van der Waals surface area contributed by atoms with Gasteiger partial charge in [-0.2, -0.15) is 0 Å². The molecule has 0 spiro atoms. The van der Waals surface area contributed by atoms with Crippen LogP contribution in [0.25, 0.3) is 0 Å². The van der Waals surface area contributed by atoms with Crippen LogP contribution in [0.5, 0.6) is 0 Å². The van der Waals surface area contributed by atoms with Crippen LogP contribution in [0.15, 0.2) is 5.34 Å². The molecule has 0 heterocycles. The fourth-order valence-electron chi connectivity index (χ4n) is 0. The first kappa shape index (κ1) is 9.07. The molecule has 0 unspecified atom stereocenters. The number of rotatable bonds is 1. The Morgan fingerprint density at radius 3 is 2.20 bits per heavy atom. The molecule has 0 aromatic carbocycles. The molecule has 5 heteroatoms. The van der Waals surface area contributed by atoms with Gasteiger partial charge in [0, 0.05) is 0 Å². The molecule has 0 amide bonds. The Morgan fingerprint density at radius 1 is 2.00 bits per heavy atom. The van der Waals surface area contributed by atoms with Crippen molar-refractivity contribution in [3.05, 3.63) is 4.91 Å². The number of nitrogens with zero attached hydrogens (tertiary/aromatic N) is 1. The zero-order chi connectivity index (χ0) is 3.41. The first-order valence-electron chi connectivity index (χ1n) is 0.601. The van der Waals surface area contributed by atoms with Crippen molar-refractivity contribution in [1.29, 1.82) is 0 Å². The fraction of sp³-hybridized carbons (Fsp3) is 0. The molecule has 0 rings (SSSR count). The summed E-state index contributed by atoms with van der Waals surface area (Å²) in [5, 5.41) is 1.76. The molecule has 0 aromatic heterocycles. The molecular weight excluding hydrogens is 79.8 g/mol. The Balaban J connectivity index is -0.0000000450. The fourth-order valence-corrected chi connectivity index (χ4v) is 0. The molecule has 0 aromatic rings. The van der Waals surface area contributed by atoms with E-state index in [9.17, 15) is 0 Å². The first-order chi connectivity index (χ1) is 1.91. The van der Waals surface area contributed by atoms with Gasteiger partial charge in [-0.1, -0.05) is 0 Å². The van der Waals surface area contributed by atoms with Gasteiger partial charge in [0.2, 0.25) is 0 Å². The summed E-state index contributed by atoms with van der Waals surface area (Å²) in [5.74, 6) is 0. The standard InChI is InChI=1S/BNO2.Na.H/c1-4-2-3;;/q;+1;-1. The van der Waals surface area contributed by atoms with Crippen LogP contribution in [-0.2, 0) is 4.76 Å². The van der Waals surface area contributed by atoms with Crippen molar-refractivity contribution in [2.24, 2.45) is 5.34 Å². The minimum absolute atomic E-state index is 0. The third-order valence-corrected chi connectivity index (χ3v) is 0.0430. The first-order valence-corrected chi connectivity index (χ1v) is 0.601. The summed E-state index contributed by atoms with van der Waals surface area (Å²) in [7, 11) is 4.05. The van der Waals surface area contributed by atoms with E-state index in [0.29, 0.717) is 0 Å². The van der Waals surface area contributed by atoms with Gasteiger partial charge >= 0.3 is 37.6 Å². The quantitative estimate of drug-likeness (QED) is 0.190. The van der Waals surface area contributed by atoms with Crippen molar-refractivity contribution in [2.45, 2.75) is 0 Å². The van der Waals surface area contributed by atoms with Gasteiger partial charge in [0.25, 0.3) is 0 Å². The molecule has 0 saturated heterocycles. The van der Waals surface area contributed by atoms with Gasteiger partial charge in [-0.05, 0) is 0 Å². The van der Waals surface area contributed by atoms with Crippen LogP contribution < -0.4 is 29.6 Å². The summed E-state index contributed by atoms with van der Waals surface area (Å²) < 4.78 is 3.11. The molecule has 0 saturated carbocycles. The average molecular weight is 80.8 g/mol. The zero-order valence-corrected chi connectivity index (χ0v) is 4.84. The molecule has 0 fully saturated rings. The van der Waals surface area contributed by atoms with Crippen LogP contribution in [0, 0.1) is 4.91 Å².